The average molecular weight is 260 g/mol. The molecule has 0 saturated carbocycles. The first-order valence-electron chi connectivity index (χ1n) is 6.46. The van der Waals surface area contributed by atoms with Gasteiger partial charge in [0.1, 0.15) is 11.6 Å². The number of nitrogens with one attached hydrogen (secondary N) is 1. The lowest BCUT2D eigenvalue weighted by Gasteiger charge is -2.21. The molecule has 0 aliphatic carbocycles. The minimum absolute atomic E-state index is 0.148. The number of hydrogen-bond donors (Lipinski definition) is 2. The van der Waals surface area contributed by atoms with Gasteiger partial charge in [0.15, 0.2) is 0 Å². The van der Waals surface area contributed by atoms with E-state index in [-0.39, 0.29) is 18.6 Å². The Morgan fingerprint density at radius 2 is 2.05 bits per heavy atom. The van der Waals surface area contributed by atoms with Crippen LogP contribution in [0, 0.1) is 5.92 Å². The monoisotopic (exact) mass is 260 g/mol. The molecule has 2 rings (SSSR count). The van der Waals surface area contributed by atoms with E-state index in [0.717, 1.165) is 22.3 Å². The third-order valence-corrected chi connectivity index (χ3v) is 3.49. The number of ether oxygens (including phenoxy) is 1. The standard InChI is InChI=1S/C15H20N2O2/c1-10(9-18)11(2)17-15-13-5-4-6-14(19-3)12(13)7-8-16-15/h4-8,10-11,18H,9H2,1-3H3,(H,16,17). The zero-order chi connectivity index (χ0) is 13.8. The van der Waals surface area contributed by atoms with Crippen molar-refractivity contribution in [2.45, 2.75) is 19.9 Å². The molecular weight excluding hydrogens is 240 g/mol. The van der Waals surface area contributed by atoms with E-state index < -0.39 is 0 Å². The van der Waals surface area contributed by atoms with Crippen LogP contribution in [0.25, 0.3) is 10.8 Å². The molecule has 0 aliphatic heterocycles. The summed E-state index contributed by atoms with van der Waals surface area (Å²) in [6, 6.07) is 8.00. The molecule has 4 nitrogen and oxygen atoms in total. The fourth-order valence-electron chi connectivity index (χ4n) is 1.99. The van der Waals surface area contributed by atoms with Gasteiger partial charge in [-0.15, -0.1) is 0 Å². The summed E-state index contributed by atoms with van der Waals surface area (Å²) >= 11 is 0. The lowest BCUT2D eigenvalue weighted by molar-refractivity contribution is 0.226. The van der Waals surface area contributed by atoms with Gasteiger partial charge in [0, 0.05) is 29.6 Å². The van der Waals surface area contributed by atoms with E-state index in [1.807, 2.05) is 38.1 Å². The van der Waals surface area contributed by atoms with E-state index in [2.05, 4.69) is 10.3 Å². The number of aliphatic hydroxyl groups is 1. The highest BCUT2D eigenvalue weighted by atomic mass is 16.5. The summed E-state index contributed by atoms with van der Waals surface area (Å²) in [4.78, 5) is 4.39. The number of aliphatic hydroxyl groups excluding tert-OH is 1. The Balaban J connectivity index is 2.39. The van der Waals surface area contributed by atoms with Gasteiger partial charge in [0.05, 0.1) is 7.11 Å². The normalized spacial score (nSPS) is 14.1. The molecule has 2 aromatic rings. The molecule has 102 valence electrons. The zero-order valence-electron chi connectivity index (χ0n) is 11.6. The summed E-state index contributed by atoms with van der Waals surface area (Å²) < 4.78 is 5.36. The van der Waals surface area contributed by atoms with Gasteiger partial charge in [-0.05, 0) is 25.0 Å². The van der Waals surface area contributed by atoms with Gasteiger partial charge < -0.3 is 15.2 Å². The molecular formula is C15H20N2O2. The number of nitrogens with zero attached hydrogens (tertiary/aromatic N) is 1. The molecule has 1 aromatic carbocycles. The number of methoxy groups -OCH3 is 1. The Kier molecular flexibility index (Phi) is 4.22. The summed E-state index contributed by atoms with van der Waals surface area (Å²) in [5.74, 6) is 1.83. The molecule has 1 heterocycles. The smallest absolute Gasteiger partial charge is 0.134 e. The van der Waals surface area contributed by atoms with Crippen LogP contribution in [0.4, 0.5) is 5.82 Å². The molecule has 0 amide bonds. The average Bonchev–Trinajstić information content (AvgIpc) is 2.46. The quantitative estimate of drug-likeness (QED) is 0.868. The third kappa shape index (κ3) is 2.79. The second-order valence-corrected chi connectivity index (χ2v) is 4.81. The molecule has 2 N–H and O–H groups in total. The maximum atomic E-state index is 9.20. The van der Waals surface area contributed by atoms with Gasteiger partial charge in [0.25, 0.3) is 0 Å². The van der Waals surface area contributed by atoms with Crippen molar-refractivity contribution in [3.05, 3.63) is 30.5 Å². The Morgan fingerprint density at radius 3 is 2.74 bits per heavy atom. The van der Waals surface area contributed by atoms with Gasteiger partial charge >= 0.3 is 0 Å². The third-order valence-electron chi connectivity index (χ3n) is 3.49. The molecule has 0 aliphatic rings. The largest absolute Gasteiger partial charge is 0.496 e. The number of aromatic nitrogens is 1. The summed E-state index contributed by atoms with van der Waals surface area (Å²) in [5, 5.41) is 14.6. The summed E-state index contributed by atoms with van der Waals surface area (Å²) in [6.07, 6.45) is 1.77. The van der Waals surface area contributed by atoms with Crippen molar-refractivity contribution < 1.29 is 9.84 Å². The second-order valence-electron chi connectivity index (χ2n) is 4.81. The fraction of sp³-hybridized carbons (Fsp3) is 0.400. The molecule has 0 spiro atoms. The van der Waals surface area contributed by atoms with Crippen LogP contribution in [0.2, 0.25) is 0 Å². The molecule has 19 heavy (non-hydrogen) atoms. The van der Waals surface area contributed by atoms with Gasteiger partial charge in [-0.2, -0.15) is 0 Å². The number of hydrogen-bond acceptors (Lipinski definition) is 4. The molecule has 2 unspecified atom stereocenters. The van der Waals surface area contributed by atoms with Crippen molar-refractivity contribution in [1.29, 1.82) is 0 Å². The van der Waals surface area contributed by atoms with Crippen molar-refractivity contribution in [2.24, 2.45) is 5.92 Å². The summed E-state index contributed by atoms with van der Waals surface area (Å²) in [7, 11) is 1.67. The molecule has 0 bridgehead atoms. The highest BCUT2D eigenvalue weighted by Gasteiger charge is 2.13. The molecule has 4 heteroatoms. The Bertz CT molecular complexity index is 557. The van der Waals surface area contributed by atoms with Gasteiger partial charge in [-0.1, -0.05) is 19.1 Å². The molecule has 0 fully saturated rings. The predicted molar refractivity (Wildman–Crippen MR) is 77.6 cm³/mol. The first-order valence-corrected chi connectivity index (χ1v) is 6.46. The molecule has 1 aromatic heterocycles. The van der Waals surface area contributed by atoms with E-state index in [1.165, 1.54) is 0 Å². The van der Waals surface area contributed by atoms with Gasteiger partial charge in [0.2, 0.25) is 0 Å². The van der Waals surface area contributed by atoms with Gasteiger partial charge in [-0.3, -0.25) is 0 Å². The molecule has 0 radical (unpaired) electrons. The Morgan fingerprint density at radius 1 is 1.26 bits per heavy atom. The maximum Gasteiger partial charge on any atom is 0.134 e. The van der Waals surface area contributed by atoms with Crippen LogP contribution < -0.4 is 10.1 Å². The van der Waals surface area contributed by atoms with Crippen molar-refractivity contribution >= 4 is 16.6 Å². The van der Waals surface area contributed by atoms with Crippen LogP contribution in [0.15, 0.2) is 30.5 Å². The predicted octanol–water partition coefficient (Wildman–Crippen LogP) is 2.67. The van der Waals surface area contributed by atoms with Crippen LogP contribution in [0.1, 0.15) is 13.8 Å². The SMILES string of the molecule is COc1cccc2c(NC(C)C(C)CO)nccc12. The van der Waals surface area contributed by atoms with Crippen molar-refractivity contribution in [1.82, 2.24) is 4.98 Å². The van der Waals surface area contributed by atoms with E-state index in [9.17, 15) is 5.11 Å². The van der Waals surface area contributed by atoms with E-state index in [4.69, 9.17) is 4.74 Å². The Labute approximate surface area is 113 Å². The van der Waals surface area contributed by atoms with Crippen LogP contribution in [0.5, 0.6) is 5.75 Å². The highest BCUT2D eigenvalue weighted by Crippen LogP contribution is 2.29. The fourth-order valence-corrected chi connectivity index (χ4v) is 1.99. The number of benzene rings is 1. The van der Waals surface area contributed by atoms with Crippen LogP contribution in [-0.2, 0) is 0 Å². The summed E-state index contributed by atoms with van der Waals surface area (Å²) in [5.41, 5.74) is 0. The Hall–Kier alpha value is -1.81. The lowest BCUT2D eigenvalue weighted by Crippen LogP contribution is -2.26. The molecule has 2 atom stereocenters. The minimum Gasteiger partial charge on any atom is -0.496 e. The molecule has 0 saturated heterocycles. The zero-order valence-corrected chi connectivity index (χ0v) is 11.6. The minimum atomic E-state index is 0.148. The van der Waals surface area contributed by atoms with Crippen LogP contribution in [0.3, 0.4) is 0 Å². The van der Waals surface area contributed by atoms with Crippen molar-refractivity contribution in [3.8, 4) is 5.75 Å². The van der Waals surface area contributed by atoms with E-state index in [0.29, 0.717) is 0 Å². The topological polar surface area (TPSA) is 54.4 Å². The highest BCUT2D eigenvalue weighted by molar-refractivity contribution is 5.95. The van der Waals surface area contributed by atoms with Crippen LogP contribution in [-0.4, -0.2) is 29.8 Å². The van der Waals surface area contributed by atoms with Crippen molar-refractivity contribution in [2.75, 3.05) is 19.0 Å². The number of fused-ring (bicyclic) bond motifs is 1. The number of anilines is 1. The van der Waals surface area contributed by atoms with Gasteiger partial charge in [-0.25, -0.2) is 4.98 Å². The van der Waals surface area contributed by atoms with Crippen molar-refractivity contribution in [3.63, 3.8) is 0 Å². The number of rotatable bonds is 5. The maximum absolute atomic E-state index is 9.20. The first kappa shape index (κ1) is 13.6. The van der Waals surface area contributed by atoms with Crippen LogP contribution >= 0.6 is 0 Å². The van der Waals surface area contributed by atoms with E-state index >= 15 is 0 Å². The lowest BCUT2D eigenvalue weighted by atomic mass is 10.0. The first-order chi connectivity index (χ1) is 9.17. The number of pyridine rings is 1. The van der Waals surface area contributed by atoms with E-state index in [1.54, 1.807) is 13.3 Å². The summed E-state index contributed by atoms with van der Waals surface area (Å²) in [6.45, 7) is 4.20. The second kappa shape index (κ2) is 5.89.